The van der Waals surface area contributed by atoms with Crippen molar-refractivity contribution < 1.29 is 27.6 Å². The van der Waals surface area contributed by atoms with Crippen molar-refractivity contribution in [3.05, 3.63) is 71.0 Å². The molecule has 0 saturated carbocycles. The van der Waals surface area contributed by atoms with Crippen molar-refractivity contribution in [3.8, 4) is 11.3 Å². The Balaban J connectivity index is 1.86. The summed E-state index contributed by atoms with van der Waals surface area (Å²) in [6.45, 7) is 3.47. The van der Waals surface area contributed by atoms with Crippen LogP contribution in [0.15, 0.2) is 47.0 Å². The molecule has 1 amide bonds. The topological polar surface area (TPSA) is 81.4 Å². The summed E-state index contributed by atoms with van der Waals surface area (Å²) in [7, 11) is 0. The van der Waals surface area contributed by atoms with E-state index in [0.717, 1.165) is 6.07 Å². The van der Waals surface area contributed by atoms with Crippen molar-refractivity contribution in [1.29, 1.82) is 0 Å². The minimum absolute atomic E-state index is 0.0278. The van der Waals surface area contributed by atoms with Crippen molar-refractivity contribution in [2.24, 2.45) is 0 Å². The number of rotatable bonds is 5. The molecule has 8 heteroatoms. The number of nitrogens with one attached hydrogen (secondary N) is 1. The van der Waals surface area contributed by atoms with Gasteiger partial charge in [0.2, 0.25) is 0 Å². The maximum atomic E-state index is 14.1. The minimum Gasteiger partial charge on any atom is -0.462 e. The van der Waals surface area contributed by atoms with Gasteiger partial charge in [0.1, 0.15) is 28.7 Å². The zero-order valence-corrected chi connectivity index (χ0v) is 15.1. The van der Waals surface area contributed by atoms with E-state index >= 15 is 0 Å². The van der Waals surface area contributed by atoms with E-state index in [9.17, 15) is 18.4 Å². The van der Waals surface area contributed by atoms with Crippen molar-refractivity contribution in [2.45, 2.75) is 13.8 Å². The number of carbonyl (C=O) groups excluding carboxylic acids is 2. The van der Waals surface area contributed by atoms with E-state index in [2.05, 4.69) is 10.5 Å². The predicted molar refractivity (Wildman–Crippen MR) is 96.9 cm³/mol. The van der Waals surface area contributed by atoms with Crippen LogP contribution in [-0.4, -0.2) is 23.6 Å². The lowest BCUT2D eigenvalue weighted by Crippen LogP contribution is -2.14. The minimum atomic E-state index is -0.860. The largest absolute Gasteiger partial charge is 0.462 e. The molecule has 0 spiro atoms. The van der Waals surface area contributed by atoms with Crippen LogP contribution in [0.25, 0.3) is 11.3 Å². The second-order valence-corrected chi connectivity index (χ2v) is 5.84. The lowest BCUT2D eigenvalue weighted by atomic mass is 10.0. The van der Waals surface area contributed by atoms with Gasteiger partial charge < -0.3 is 14.6 Å². The molecule has 0 saturated heterocycles. The van der Waals surface area contributed by atoms with Crippen LogP contribution in [0.1, 0.15) is 33.4 Å². The second-order valence-electron chi connectivity index (χ2n) is 5.84. The number of aromatic nitrogens is 1. The molecule has 144 valence electrons. The molecule has 0 aliphatic carbocycles. The third-order valence-corrected chi connectivity index (χ3v) is 3.93. The lowest BCUT2D eigenvalue weighted by Gasteiger charge is -2.07. The van der Waals surface area contributed by atoms with Gasteiger partial charge in [0.15, 0.2) is 0 Å². The number of hydrogen-bond acceptors (Lipinski definition) is 5. The summed E-state index contributed by atoms with van der Waals surface area (Å²) in [6, 6.07) is 9.04. The Morgan fingerprint density at radius 2 is 1.86 bits per heavy atom. The first-order valence-corrected chi connectivity index (χ1v) is 8.41. The fourth-order valence-electron chi connectivity index (χ4n) is 2.60. The number of halogens is 2. The molecule has 2 aromatic carbocycles. The van der Waals surface area contributed by atoms with Gasteiger partial charge in [-0.25, -0.2) is 13.6 Å². The van der Waals surface area contributed by atoms with Crippen LogP contribution >= 0.6 is 0 Å². The maximum Gasteiger partial charge on any atom is 0.338 e. The fraction of sp³-hybridized carbons (Fsp3) is 0.150. The van der Waals surface area contributed by atoms with Crippen LogP contribution in [0.2, 0.25) is 0 Å². The van der Waals surface area contributed by atoms with Crippen LogP contribution in [0.5, 0.6) is 0 Å². The molecular formula is C20H16F2N2O4. The molecular weight excluding hydrogens is 370 g/mol. The van der Waals surface area contributed by atoms with Crippen molar-refractivity contribution in [3.63, 3.8) is 0 Å². The van der Waals surface area contributed by atoms with Gasteiger partial charge in [-0.15, -0.1) is 0 Å². The van der Waals surface area contributed by atoms with E-state index < -0.39 is 23.5 Å². The third-order valence-electron chi connectivity index (χ3n) is 3.93. The Morgan fingerprint density at radius 1 is 1.14 bits per heavy atom. The molecule has 1 N–H and O–H groups in total. The van der Waals surface area contributed by atoms with Gasteiger partial charge in [0, 0.05) is 17.3 Å². The molecule has 6 nitrogen and oxygen atoms in total. The summed E-state index contributed by atoms with van der Waals surface area (Å²) in [5.41, 5.74) is 0.691. The normalized spacial score (nSPS) is 10.6. The molecule has 0 radical (unpaired) electrons. The number of hydrogen-bond donors (Lipinski definition) is 1. The first-order chi connectivity index (χ1) is 13.4. The summed E-state index contributed by atoms with van der Waals surface area (Å²) in [5.74, 6) is -2.47. The van der Waals surface area contributed by atoms with E-state index in [-0.39, 0.29) is 29.2 Å². The highest BCUT2D eigenvalue weighted by Gasteiger charge is 2.24. The highest BCUT2D eigenvalue weighted by Crippen LogP contribution is 2.28. The number of nitrogens with zero attached hydrogens (tertiary/aromatic N) is 1. The highest BCUT2D eigenvalue weighted by atomic mass is 19.1. The van der Waals surface area contributed by atoms with Crippen molar-refractivity contribution >= 4 is 17.6 Å². The van der Waals surface area contributed by atoms with Gasteiger partial charge >= 0.3 is 5.97 Å². The first kappa shape index (κ1) is 19.2. The number of amides is 1. The first-order valence-electron chi connectivity index (χ1n) is 8.41. The van der Waals surface area contributed by atoms with Gasteiger partial charge in [0.05, 0.1) is 12.2 Å². The summed E-state index contributed by atoms with van der Waals surface area (Å²) < 4.78 is 37.2. The number of benzene rings is 2. The van der Waals surface area contributed by atoms with Crippen LogP contribution in [0.4, 0.5) is 14.5 Å². The van der Waals surface area contributed by atoms with E-state index in [1.807, 2.05) is 0 Å². The maximum absolute atomic E-state index is 14.1. The summed E-state index contributed by atoms with van der Waals surface area (Å²) in [6.07, 6.45) is 0. The van der Waals surface area contributed by atoms with Gasteiger partial charge in [-0.1, -0.05) is 5.16 Å². The number of esters is 1. The molecule has 0 atom stereocenters. The van der Waals surface area contributed by atoms with Crippen LogP contribution in [0.3, 0.4) is 0 Å². The second kappa shape index (κ2) is 7.99. The SMILES string of the molecule is CCOC(=O)c1ccc(NC(=O)c2c(-c3ccc(F)cc3F)noc2C)cc1. The fourth-order valence-corrected chi connectivity index (χ4v) is 2.60. The van der Waals surface area contributed by atoms with Crippen LogP contribution in [0, 0.1) is 18.6 Å². The molecule has 28 heavy (non-hydrogen) atoms. The molecule has 3 rings (SSSR count). The Labute approximate surface area is 159 Å². The smallest absolute Gasteiger partial charge is 0.338 e. The average molecular weight is 386 g/mol. The van der Waals surface area contributed by atoms with E-state index in [1.54, 1.807) is 6.92 Å². The Morgan fingerprint density at radius 3 is 2.50 bits per heavy atom. The molecule has 0 aliphatic rings. The van der Waals surface area contributed by atoms with Crippen molar-refractivity contribution in [2.75, 3.05) is 11.9 Å². The van der Waals surface area contributed by atoms with Gasteiger partial charge in [-0.05, 0) is 50.2 Å². The standard InChI is InChI=1S/C20H16F2N2O4/c1-3-27-20(26)12-4-7-14(8-5-12)23-19(25)17-11(2)28-24-18(17)15-9-6-13(21)10-16(15)22/h4-10H,3H2,1-2H3,(H,23,25). The number of anilines is 1. The quantitative estimate of drug-likeness (QED) is 0.659. The molecule has 0 fully saturated rings. The van der Waals surface area contributed by atoms with Gasteiger partial charge in [-0.2, -0.15) is 0 Å². The van der Waals surface area contributed by atoms with E-state index in [0.29, 0.717) is 17.3 Å². The number of ether oxygens (including phenoxy) is 1. The van der Waals surface area contributed by atoms with E-state index in [1.165, 1.54) is 37.3 Å². The summed E-state index contributed by atoms with van der Waals surface area (Å²) in [4.78, 5) is 24.4. The van der Waals surface area contributed by atoms with Gasteiger partial charge in [0.25, 0.3) is 5.91 Å². The van der Waals surface area contributed by atoms with Gasteiger partial charge in [-0.3, -0.25) is 4.79 Å². The molecule has 3 aromatic rings. The molecule has 0 aliphatic heterocycles. The molecule has 0 bridgehead atoms. The van der Waals surface area contributed by atoms with Crippen LogP contribution in [-0.2, 0) is 4.74 Å². The lowest BCUT2D eigenvalue weighted by molar-refractivity contribution is 0.0526. The third kappa shape index (κ3) is 3.90. The molecule has 0 unspecified atom stereocenters. The molecule has 1 heterocycles. The Hall–Kier alpha value is -3.55. The predicted octanol–water partition coefficient (Wildman–Crippen LogP) is 4.36. The Bertz CT molecular complexity index is 1030. The zero-order valence-electron chi connectivity index (χ0n) is 15.1. The van der Waals surface area contributed by atoms with Crippen molar-refractivity contribution in [1.82, 2.24) is 5.16 Å². The number of carbonyl (C=O) groups is 2. The van der Waals surface area contributed by atoms with Crippen LogP contribution < -0.4 is 5.32 Å². The Kier molecular flexibility index (Phi) is 5.49. The highest BCUT2D eigenvalue weighted by molar-refractivity contribution is 6.09. The number of aryl methyl sites for hydroxylation is 1. The van der Waals surface area contributed by atoms with E-state index in [4.69, 9.17) is 9.26 Å². The summed E-state index contributed by atoms with van der Waals surface area (Å²) in [5, 5.41) is 6.37. The monoisotopic (exact) mass is 386 g/mol. The molecule has 1 aromatic heterocycles. The summed E-state index contributed by atoms with van der Waals surface area (Å²) >= 11 is 0. The zero-order chi connectivity index (χ0) is 20.3. The average Bonchev–Trinajstić information content (AvgIpc) is 3.04.